The monoisotopic (exact) mass is 394 g/mol. The third-order valence-corrected chi connectivity index (χ3v) is 5.46. The minimum Gasteiger partial charge on any atom is -0.491 e. The third kappa shape index (κ3) is 4.32. The predicted molar refractivity (Wildman–Crippen MR) is 114 cm³/mol. The highest BCUT2D eigenvalue weighted by Gasteiger charge is 2.20. The average Bonchev–Trinajstić information content (AvgIpc) is 3.17. The van der Waals surface area contributed by atoms with Crippen LogP contribution < -0.4 is 15.0 Å². The average molecular weight is 394 g/mol. The van der Waals surface area contributed by atoms with Crippen molar-refractivity contribution in [3.05, 3.63) is 42.5 Å². The lowest BCUT2D eigenvalue weighted by Gasteiger charge is -2.35. The number of H-pyrrole nitrogens is 1. The first kappa shape index (κ1) is 19.2. The minimum absolute atomic E-state index is 0.713. The molecule has 0 bridgehead atoms. The fourth-order valence-corrected chi connectivity index (χ4v) is 3.91. The van der Waals surface area contributed by atoms with Crippen LogP contribution >= 0.6 is 0 Å². The van der Waals surface area contributed by atoms with E-state index in [9.17, 15) is 4.79 Å². The summed E-state index contributed by atoms with van der Waals surface area (Å²) in [6.45, 7) is 4.94. The standard InChI is InChI=1S/C21H26N6O2/c1-29-20-13-22-14-24-21(20)27-9-7-26(8-10-27)6-2-3-16-12-23-19-5-4-17(25-15-28)11-18(16)19/h4-5,11-15,23H,2-3,6-10H2,1H3,(H,25,28). The molecule has 8 nitrogen and oxygen atoms in total. The maximum Gasteiger partial charge on any atom is 0.211 e. The van der Waals surface area contributed by atoms with Crippen LogP contribution in [0.3, 0.4) is 0 Å². The van der Waals surface area contributed by atoms with Crippen LogP contribution in [0.15, 0.2) is 36.9 Å². The smallest absolute Gasteiger partial charge is 0.211 e. The van der Waals surface area contributed by atoms with Crippen molar-refractivity contribution in [1.82, 2.24) is 19.9 Å². The zero-order chi connectivity index (χ0) is 20.1. The molecule has 1 aromatic carbocycles. The van der Waals surface area contributed by atoms with Crippen molar-refractivity contribution in [2.24, 2.45) is 0 Å². The maximum atomic E-state index is 10.7. The van der Waals surface area contributed by atoms with E-state index in [2.05, 4.69) is 36.3 Å². The number of amides is 1. The van der Waals surface area contributed by atoms with Crippen molar-refractivity contribution < 1.29 is 9.53 Å². The Hall–Kier alpha value is -3.13. The number of carbonyl (C=O) groups is 1. The first-order chi connectivity index (χ1) is 14.3. The molecule has 0 aliphatic carbocycles. The number of nitrogens with one attached hydrogen (secondary N) is 2. The number of methoxy groups -OCH3 is 1. The lowest BCUT2D eigenvalue weighted by Crippen LogP contribution is -2.47. The van der Waals surface area contributed by atoms with Crippen LogP contribution in [0.4, 0.5) is 11.5 Å². The van der Waals surface area contributed by atoms with Gasteiger partial charge in [-0.05, 0) is 43.1 Å². The molecule has 8 heteroatoms. The Morgan fingerprint density at radius 3 is 2.93 bits per heavy atom. The molecule has 1 amide bonds. The van der Waals surface area contributed by atoms with Gasteiger partial charge in [0.15, 0.2) is 11.6 Å². The molecular formula is C21H26N6O2. The summed E-state index contributed by atoms with van der Waals surface area (Å²) in [5.41, 5.74) is 3.22. The van der Waals surface area contributed by atoms with Gasteiger partial charge in [-0.25, -0.2) is 9.97 Å². The Kier molecular flexibility index (Phi) is 5.90. The van der Waals surface area contributed by atoms with Crippen molar-refractivity contribution in [3.63, 3.8) is 0 Å². The summed E-state index contributed by atoms with van der Waals surface area (Å²) in [5, 5.41) is 3.90. The molecule has 3 heterocycles. The third-order valence-electron chi connectivity index (χ3n) is 5.46. The molecule has 1 saturated heterocycles. The summed E-state index contributed by atoms with van der Waals surface area (Å²) in [5.74, 6) is 1.60. The van der Waals surface area contributed by atoms with Gasteiger partial charge in [0.05, 0.1) is 13.3 Å². The molecule has 0 saturated carbocycles. The van der Waals surface area contributed by atoms with E-state index < -0.39 is 0 Å². The molecule has 152 valence electrons. The molecular weight excluding hydrogens is 368 g/mol. The summed E-state index contributed by atoms with van der Waals surface area (Å²) >= 11 is 0. The Bertz CT molecular complexity index is 965. The molecule has 1 aliphatic heterocycles. The van der Waals surface area contributed by atoms with Gasteiger partial charge in [0.2, 0.25) is 6.41 Å². The molecule has 0 spiro atoms. The number of fused-ring (bicyclic) bond motifs is 1. The second-order valence-electron chi connectivity index (χ2n) is 7.18. The lowest BCUT2D eigenvalue weighted by molar-refractivity contribution is -0.105. The van der Waals surface area contributed by atoms with Gasteiger partial charge < -0.3 is 19.9 Å². The Morgan fingerprint density at radius 2 is 2.14 bits per heavy atom. The Morgan fingerprint density at radius 1 is 1.28 bits per heavy atom. The molecule has 2 aromatic heterocycles. The van der Waals surface area contributed by atoms with Gasteiger partial charge in [-0.2, -0.15) is 0 Å². The van der Waals surface area contributed by atoms with E-state index in [-0.39, 0.29) is 0 Å². The van der Waals surface area contributed by atoms with E-state index in [4.69, 9.17) is 4.74 Å². The van der Waals surface area contributed by atoms with E-state index >= 15 is 0 Å². The highest BCUT2D eigenvalue weighted by atomic mass is 16.5. The SMILES string of the molecule is COc1cncnc1N1CCN(CCCc2c[nH]c3ccc(NC=O)cc23)CC1. The number of aromatic amines is 1. The fraction of sp³-hybridized carbons (Fsp3) is 0.381. The second-order valence-corrected chi connectivity index (χ2v) is 7.18. The number of piperazine rings is 1. The topological polar surface area (TPSA) is 86.4 Å². The normalized spacial score (nSPS) is 14.9. The molecule has 0 unspecified atom stereocenters. The van der Waals surface area contributed by atoms with Crippen molar-refractivity contribution in [3.8, 4) is 5.75 Å². The molecule has 4 rings (SSSR count). The number of aromatic nitrogens is 3. The van der Waals surface area contributed by atoms with Crippen molar-refractivity contribution in [1.29, 1.82) is 0 Å². The van der Waals surface area contributed by atoms with Crippen LogP contribution in [0, 0.1) is 0 Å². The van der Waals surface area contributed by atoms with Crippen LogP contribution in [0.25, 0.3) is 10.9 Å². The summed E-state index contributed by atoms with van der Waals surface area (Å²) < 4.78 is 5.38. The quantitative estimate of drug-likeness (QED) is 0.570. The molecule has 3 aromatic rings. The first-order valence-electron chi connectivity index (χ1n) is 9.90. The maximum absolute atomic E-state index is 10.7. The van der Waals surface area contributed by atoms with E-state index in [1.54, 1.807) is 19.6 Å². The molecule has 0 atom stereocenters. The number of nitrogens with zero attached hydrogens (tertiary/aromatic N) is 4. The van der Waals surface area contributed by atoms with E-state index in [1.165, 1.54) is 10.9 Å². The van der Waals surface area contributed by atoms with Gasteiger partial charge >= 0.3 is 0 Å². The Balaban J connectivity index is 1.29. The lowest BCUT2D eigenvalue weighted by atomic mass is 10.1. The van der Waals surface area contributed by atoms with Crippen LogP contribution in [-0.2, 0) is 11.2 Å². The van der Waals surface area contributed by atoms with Crippen molar-refractivity contribution >= 4 is 28.8 Å². The van der Waals surface area contributed by atoms with Crippen molar-refractivity contribution in [2.75, 3.05) is 50.1 Å². The summed E-state index contributed by atoms with van der Waals surface area (Å²) in [6.07, 6.45) is 8.17. The number of carbonyl (C=O) groups excluding carboxylic acids is 1. The second kappa shape index (κ2) is 8.91. The van der Waals surface area contributed by atoms with Gasteiger partial charge in [0, 0.05) is 49.0 Å². The van der Waals surface area contributed by atoms with Gasteiger partial charge in [-0.1, -0.05) is 0 Å². The zero-order valence-electron chi connectivity index (χ0n) is 16.6. The highest BCUT2D eigenvalue weighted by Crippen LogP contribution is 2.25. The van der Waals surface area contributed by atoms with Crippen LogP contribution in [0.2, 0.25) is 0 Å². The first-order valence-corrected chi connectivity index (χ1v) is 9.90. The number of aryl methyl sites for hydroxylation is 1. The van der Waals surface area contributed by atoms with Gasteiger partial charge in [-0.15, -0.1) is 0 Å². The molecule has 29 heavy (non-hydrogen) atoms. The molecule has 1 fully saturated rings. The van der Waals surface area contributed by atoms with Crippen LogP contribution in [0.1, 0.15) is 12.0 Å². The fourth-order valence-electron chi connectivity index (χ4n) is 3.91. The number of benzene rings is 1. The van der Waals surface area contributed by atoms with E-state index in [0.717, 1.165) is 68.3 Å². The summed E-state index contributed by atoms with van der Waals surface area (Å²) in [7, 11) is 1.65. The van der Waals surface area contributed by atoms with Crippen LogP contribution in [-0.4, -0.2) is 66.1 Å². The number of ether oxygens (including phenoxy) is 1. The van der Waals surface area contributed by atoms with Crippen molar-refractivity contribution in [2.45, 2.75) is 12.8 Å². The highest BCUT2D eigenvalue weighted by molar-refractivity contribution is 5.88. The molecule has 1 aliphatic rings. The number of hydrogen-bond donors (Lipinski definition) is 2. The number of rotatable bonds is 8. The summed E-state index contributed by atoms with van der Waals surface area (Å²) in [4.78, 5) is 27.2. The Labute approximate surface area is 169 Å². The summed E-state index contributed by atoms with van der Waals surface area (Å²) in [6, 6.07) is 5.94. The largest absolute Gasteiger partial charge is 0.491 e. The van der Waals surface area contributed by atoms with Gasteiger partial charge in [0.1, 0.15) is 6.33 Å². The molecule has 0 radical (unpaired) electrons. The molecule has 2 N–H and O–H groups in total. The van der Waals surface area contributed by atoms with Crippen LogP contribution in [0.5, 0.6) is 5.75 Å². The van der Waals surface area contributed by atoms with E-state index in [0.29, 0.717) is 6.41 Å². The van der Waals surface area contributed by atoms with E-state index in [1.807, 2.05) is 18.2 Å². The number of hydrogen-bond acceptors (Lipinski definition) is 6. The predicted octanol–water partition coefficient (Wildman–Crippen LogP) is 2.29. The zero-order valence-corrected chi connectivity index (χ0v) is 16.6. The van der Waals surface area contributed by atoms with Gasteiger partial charge in [-0.3, -0.25) is 9.69 Å². The van der Waals surface area contributed by atoms with Gasteiger partial charge in [0.25, 0.3) is 0 Å². The minimum atomic E-state index is 0.713. The number of anilines is 2.